The van der Waals surface area contributed by atoms with Crippen molar-refractivity contribution in [1.29, 1.82) is 0 Å². The fraction of sp³-hybridized carbons (Fsp3) is 0.667. The highest BCUT2D eigenvalue weighted by molar-refractivity contribution is 5.97. The largest absolute Gasteiger partial charge is 0.373 e. The van der Waals surface area contributed by atoms with E-state index in [1.54, 1.807) is 11.2 Å². The van der Waals surface area contributed by atoms with Crippen LogP contribution in [0.2, 0.25) is 0 Å². The van der Waals surface area contributed by atoms with Crippen LogP contribution in [0, 0.1) is 5.92 Å². The molecule has 6 N–H and O–H groups in total. The van der Waals surface area contributed by atoms with Crippen LogP contribution in [0.4, 0.5) is 21.6 Å². The molecule has 1 aromatic rings. The summed E-state index contributed by atoms with van der Waals surface area (Å²) in [7, 11) is 3.92. The zero-order valence-corrected chi connectivity index (χ0v) is 16.9. The Bertz CT molecular complexity index is 742. The van der Waals surface area contributed by atoms with Crippen molar-refractivity contribution >= 4 is 23.1 Å². The molecule has 0 saturated carbocycles. The molecule has 11 heteroatoms. The van der Waals surface area contributed by atoms with Gasteiger partial charge in [-0.25, -0.2) is 19.8 Å². The number of alkyl halides is 1. The number of likely N-dealkylation sites (N-methyl/N-ethyl adjacent to an activating group) is 1. The van der Waals surface area contributed by atoms with E-state index in [2.05, 4.69) is 43.2 Å². The first-order chi connectivity index (χ1) is 14.0. The fourth-order valence-corrected chi connectivity index (χ4v) is 4.18. The first-order valence-corrected chi connectivity index (χ1v) is 10.0. The standard InChI is InChI=1S/C18H30FN9O/c1-21-14-7-13(27-5-3-26(2)4-6-27)12(9-22-14)24-18(29)15-16(20)25-28-10-11(19)8-23-17(15)28/h7,9,11,15-17,23,25H,3-6,8,10,20H2,1-2H3,(H,21,22)(H,24,29). The molecule has 4 rings (SSSR count). The number of halogens is 1. The van der Waals surface area contributed by atoms with E-state index in [0.29, 0.717) is 5.69 Å². The Morgan fingerprint density at radius 1 is 1.34 bits per heavy atom. The summed E-state index contributed by atoms with van der Waals surface area (Å²) in [4.78, 5) is 22.0. The van der Waals surface area contributed by atoms with E-state index in [9.17, 15) is 9.18 Å². The molecule has 1 amide bonds. The van der Waals surface area contributed by atoms with Crippen LogP contribution >= 0.6 is 0 Å². The van der Waals surface area contributed by atoms with Gasteiger partial charge in [0.25, 0.3) is 0 Å². The molecule has 3 saturated heterocycles. The van der Waals surface area contributed by atoms with Crippen LogP contribution in [-0.4, -0.2) is 92.7 Å². The highest BCUT2D eigenvalue weighted by Gasteiger charge is 2.47. The van der Waals surface area contributed by atoms with Crippen molar-refractivity contribution in [3.05, 3.63) is 12.3 Å². The average molecular weight is 407 g/mol. The second-order valence-corrected chi connectivity index (χ2v) is 7.90. The zero-order valence-electron chi connectivity index (χ0n) is 16.9. The lowest BCUT2D eigenvalue weighted by Gasteiger charge is -2.35. The van der Waals surface area contributed by atoms with Gasteiger partial charge in [-0.3, -0.25) is 10.1 Å². The second-order valence-electron chi connectivity index (χ2n) is 7.90. The lowest BCUT2D eigenvalue weighted by Crippen LogP contribution is -2.58. The number of nitrogens with one attached hydrogen (secondary N) is 4. The van der Waals surface area contributed by atoms with Crippen LogP contribution in [0.5, 0.6) is 0 Å². The number of hydrogen-bond acceptors (Lipinski definition) is 9. The molecule has 4 heterocycles. The number of fused-ring (bicyclic) bond motifs is 1. The third-order valence-electron chi connectivity index (χ3n) is 5.86. The van der Waals surface area contributed by atoms with E-state index >= 15 is 0 Å². The lowest BCUT2D eigenvalue weighted by atomic mass is 10.0. The van der Waals surface area contributed by atoms with E-state index in [-0.39, 0.29) is 25.2 Å². The average Bonchev–Trinajstić information content (AvgIpc) is 3.03. The molecule has 3 aliphatic heterocycles. The molecule has 4 unspecified atom stereocenters. The van der Waals surface area contributed by atoms with Crippen molar-refractivity contribution < 1.29 is 9.18 Å². The van der Waals surface area contributed by atoms with Gasteiger partial charge in [0, 0.05) is 52.4 Å². The number of carbonyl (C=O) groups is 1. The Morgan fingerprint density at radius 2 is 2.10 bits per heavy atom. The molecule has 3 fully saturated rings. The molecule has 10 nitrogen and oxygen atoms in total. The number of hydrogen-bond donors (Lipinski definition) is 5. The predicted molar refractivity (Wildman–Crippen MR) is 110 cm³/mol. The summed E-state index contributed by atoms with van der Waals surface area (Å²) in [6.45, 7) is 4.06. The maximum Gasteiger partial charge on any atom is 0.233 e. The minimum atomic E-state index is -0.991. The van der Waals surface area contributed by atoms with Gasteiger partial charge in [0.2, 0.25) is 5.91 Å². The highest BCUT2D eigenvalue weighted by atomic mass is 19.1. The predicted octanol–water partition coefficient (Wildman–Crippen LogP) is -1.20. The van der Waals surface area contributed by atoms with E-state index in [1.165, 1.54) is 0 Å². The van der Waals surface area contributed by atoms with E-state index in [4.69, 9.17) is 5.73 Å². The Hall–Kier alpha value is -2.05. The Morgan fingerprint density at radius 3 is 2.83 bits per heavy atom. The molecular weight excluding hydrogens is 377 g/mol. The number of hydrazine groups is 1. The van der Waals surface area contributed by atoms with Gasteiger partial charge in [0.05, 0.1) is 35.8 Å². The normalized spacial score (nSPS) is 30.8. The maximum atomic E-state index is 13.7. The van der Waals surface area contributed by atoms with Crippen molar-refractivity contribution in [2.75, 3.05) is 68.9 Å². The third-order valence-corrected chi connectivity index (χ3v) is 5.86. The van der Waals surface area contributed by atoms with Crippen LogP contribution in [-0.2, 0) is 4.79 Å². The third kappa shape index (κ3) is 4.14. The van der Waals surface area contributed by atoms with Crippen molar-refractivity contribution in [2.24, 2.45) is 11.7 Å². The zero-order chi connectivity index (χ0) is 20.5. The molecule has 0 radical (unpaired) electrons. The number of rotatable bonds is 4. The van der Waals surface area contributed by atoms with Crippen LogP contribution in [0.1, 0.15) is 0 Å². The molecule has 0 aliphatic carbocycles. The van der Waals surface area contributed by atoms with Gasteiger partial charge in [-0.1, -0.05) is 0 Å². The number of piperazine rings is 1. The Labute approximate surface area is 169 Å². The number of aromatic nitrogens is 1. The molecule has 4 atom stereocenters. The summed E-state index contributed by atoms with van der Waals surface area (Å²) < 4.78 is 13.7. The first-order valence-electron chi connectivity index (χ1n) is 10.0. The lowest BCUT2D eigenvalue weighted by molar-refractivity contribution is -0.121. The first kappa shape index (κ1) is 20.2. The second kappa shape index (κ2) is 8.36. The quantitative estimate of drug-likeness (QED) is 0.420. The van der Waals surface area contributed by atoms with Gasteiger partial charge in [0.1, 0.15) is 12.0 Å². The minimum Gasteiger partial charge on any atom is -0.373 e. The summed E-state index contributed by atoms with van der Waals surface area (Å²) in [5.74, 6) is -0.0196. The summed E-state index contributed by atoms with van der Waals surface area (Å²) in [6, 6.07) is 1.95. The van der Waals surface area contributed by atoms with Gasteiger partial charge in [-0.05, 0) is 7.05 Å². The molecule has 0 spiro atoms. The molecule has 29 heavy (non-hydrogen) atoms. The van der Waals surface area contributed by atoms with Crippen LogP contribution in [0.25, 0.3) is 0 Å². The maximum absolute atomic E-state index is 13.7. The molecular formula is C18H30FN9O. The van der Waals surface area contributed by atoms with Gasteiger partial charge in [-0.15, -0.1) is 0 Å². The van der Waals surface area contributed by atoms with Crippen LogP contribution < -0.4 is 32.0 Å². The van der Waals surface area contributed by atoms with Crippen molar-refractivity contribution in [3.8, 4) is 0 Å². The molecule has 0 bridgehead atoms. The van der Waals surface area contributed by atoms with Crippen LogP contribution in [0.3, 0.4) is 0 Å². The van der Waals surface area contributed by atoms with Crippen molar-refractivity contribution in [1.82, 2.24) is 25.6 Å². The molecule has 1 aromatic heterocycles. The van der Waals surface area contributed by atoms with E-state index in [1.807, 2.05) is 13.1 Å². The topological polar surface area (TPSA) is 114 Å². The van der Waals surface area contributed by atoms with Crippen LogP contribution in [0.15, 0.2) is 12.3 Å². The Kier molecular flexibility index (Phi) is 5.83. The number of carbonyl (C=O) groups excluding carboxylic acids is 1. The number of nitrogens with two attached hydrogens (primary N) is 1. The Balaban J connectivity index is 1.53. The highest BCUT2D eigenvalue weighted by Crippen LogP contribution is 2.30. The number of amides is 1. The van der Waals surface area contributed by atoms with Crippen molar-refractivity contribution in [2.45, 2.75) is 18.5 Å². The van der Waals surface area contributed by atoms with E-state index < -0.39 is 18.3 Å². The fourth-order valence-electron chi connectivity index (χ4n) is 4.18. The van der Waals surface area contributed by atoms with Gasteiger partial charge >= 0.3 is 0 Å². The molecule has 3 aliphatic rings. The molecule has 0 aromatic carbocycles. The summed E-state index contributed by atoms with van der Waals surface area (Å²) >= 11 is 0. The minimum absolute atomic E-state index is 0.208. The number of nitrogens with zero attached hydrogens (tertiary/aromatic N) is 4. The number of pyridine rings is 1. The smallest absolute Gasteiger partial charge is 0.233 e. The van der Waals surface area contributed by atoms with Gasteiger partial charge in [-0.2, -0.15) is 0 Å². The summed E-state index contributed by atoms with van der Waals surface area (Å²) in [6.07, 6.45) is -0.243. The van der Waals surface area contributed by atoms with Gasteiger partial charge < -0.3 is 26.2 Å². The SMILES string of the molecule is CNc1cc(N2CCN(C)CC2)c(NC(=O)C2C(N)NN3CC(F)CNC23)cn1. The summed E-state index contributed by atoms with van der Waals surface area (Å²) in [5, 5.41) is 10.9. The van der Waals surface area contributed by atoms with Crippen molar-refractivity contribution in [3.63, 3.8) is 0 Å². The number of anilines is 3. The van der Waals surface area contributed by atoms with E-state index in [0.717, 1.165) is 37.7 Å². The molecule has 160 valence electrons. The van der Waals surface area contributed by atoms with Gasteiger partial charge in [0.15, 0.2) is 0 Å². The summed E-state index contributed by atoms with van der Waals surface area (Å²) in [5.41, 5.74) is 10.8. The monoisotopic (exact) mass is 407 g/mol.